The Hall–Kier alpha value is -2.13. The third-order valence-electron chi connectivity index (χ3n) is 3.63. The fourth-order valence-electron chi connectivity index (χ4n) is 2.28. The van der Waals surface area contributed by atoms with Gasteiger partial charge in [-0.3, -0.25) is 9.59 Å². The molecule has 4 heteroatoms. The van der Waals surface area contributed by atoms with Gasteiger partial charge in [-0.15, -0.1) is 0 Å². The summed E-state index contributed by atoms with van der Waals surface area (Å²) in [4.78, 5) is 23.9. The van der Waals surface area contributed by atoms with E-state index in [1.807, 2.05) is 42.5 Å². The van der Waals surface area contributed by atoms with Crippen LogP contribution in [0, 0.1) is 5.92 Å². The van der Waals surface area contributed by atoms with E-state index in [-0.39, 0.29) is 12.4 Å². The third kappa shape index (κ3) is 5.53. The average molecular weight is 331 g/mol. The van der Waals surface area contributed by atoms with Crippen molar-refractivity contribution in [2.24, 2.45) is 5.92 Å². The second-order valence-electron chi connectivity index (χ2n) is 5.42. The minimum absolute atomic E-state index is 0.169. The summed E-state index contributed by atoms with van der Waals surface area (Å²) in [5.74, 6) is -1.36. The summed E-state index contributed by atoms with van der Waals surface area (Å²) in [6, 6.07) is 16.8. The minimum atomic E-state index is -0.727. The quantitative estimate of drug-likeness (QED) is 0.564. The van der Waals surface area contributed by atoms with Crippen LogP contribution < -0.4 is 0 Å². The fourth-order valence-corrected chi connectivity index (χ4v) is 2.40. The first-order chi connectivity index (χ1) is 11.1. The van der Waals surface area contributed by atoms with Gasteiger partial charge in [-0.05, 0) is 43.0 Å². The molecule has 0 aliphatic carbocycles. The number of ether oxygens (including phenoxy) is 1. The summed E-state index contributed by atoms with van der Waals surface area (Å²) >= 11 is 5.85. The van der Waals surface area contributed by atoms with E-state index in [4.69, 9.17) is 16.3 Å². The topological polar surface area (TPSA) is 43.4 Å². The third-order valence-corrected chi connectivity index (χ3v) is 3.89. The highest BCUT2D eigenvalue weighted by molar-refractivity contribution is 6.30. The molecule has 0 saturated heterocycles. The van der Waals surface area contributed by atoms with Crippen LogP contribution in [0.5, 0.6) is 0 Å². The number of carbonyl (C=O) groups is 2. The first-order valence-electron chi connectivity index (χ1n) is 7.51. The van der Waals surface area contributed by atoms with Crippen molar-refractivity contribution in [3.63, 3.8) is 0 Å². The number of hydrogen-bond acceptors (Lipinski definition) is 3. The number of Topliss-reactive ketones (excluding diaryl/α,β-unsaturated/α-hetero) is 1. The molecule has 23 heavy (non-hydrogen) atoms. The van der Waals surface area contributed by atoms with E-state index in [1.54, 1.807) is 12.1 Å². The van der Waals surface area contributed by atoms with Crippen molar-refractivity contribution in [2.45, 2.75) is 26.4 Å². The molecule has 0 spiro atoms. The zero-order chi connectivity index (χ0) is 16.7. The number of rotatable bonds is 7. The number of ketones is 1. The van der Waals surface area contributed by atoms with Gasteiger partial charge in [-0.25, -0.2) is 0 Å². The van der Waals surface area contributed by atoms with E-state index in [0.29, 0.717) is 17.9 Å². The van der Waals surface area contributed by atoms with Crippen molar-refractivity contribution in [3.05, 3.63) is 70.7 Å². The molecule has 0 aliphatic rings. The molecule has 0 bridgehead atoms. The molecule has 0 aromatic heterocycles. The fraction of sp³-hybridized carbons (Fsp3) is 0.263. The van der Waals surface area contributed by atoms with Crippen LogP contribution in [0.1, 0.15) is 24.5 Å². The second kappa shape index (κ2) is 8.49. The zero-order valence-electron chi connectivity index (χ0n) is 13.0. The Morgan fingerprint density at radius 3 is 2.26 bits per heavy atom. The standard InChI is InChI=1S/C19H19ClO3/c1-14(21)18(12-9-15-7-10-17(20)11-8-15)19(22)23-13-16-5-3-2-4-6-16/h2-8,10-11,18H,9,12-13H2,1H3. The number of carbonyl (C=O) groups excluding carboxylic acids is 2. The SMILES string of the molecule is CC(=O)C(CCc1ccc(Cl)cc1)C(=O)OCc1ccccc1. The average Bonchev–Trinajstić information content (AvgIpc) is 2.55. The second-order valence-corrected chi connectivity index (χ2v) is 5.86. The summed E-state index contributed by atoms with van der Waals surface area (Å²) in [6.45, 7) is 1.61. The van der Waals surface area contributed by atoms with E-state index in [1.165, 1.54) is 6.92 Å². The predicted octanol–water partition coefficient (Wildman–Crippen LogP) is 4.22. The van der Waals surface area contributed by atoms with Gasteiger partial charge in [0.2, 0.25) is 0 Å². The van der Waals surface area contributed by atoms with Crippen LogP contribution in [-0.4, -0.2) is 11.8 Å². The van der Waals surface area contributed by atoms with E-state index >= 15 is 0 Å². The normalized spacial score (nSPS) is 11.7. The van der Waals surface area contributed by atoms with Crippen molar-refractivity contribution >= 4 is 23.4 Å². The van der Waals surface area contributed by atoms with Crippen LogP contribution in [0.4, 0.5) is 0 Å². The lowest BCUT2D eigenvalue weighted by Gasteiger charge is -2.13. The molecular formula is C19H19ClO3. The lowest BCUT2D eigenvalue weighted by atomic mass is 9.96. The van der Waals surface area contributed by atoms with Crippen LogP contribution in [-0.2, 0) is 27.4 Å². The van der Waals surface area contributed by atoms with Gasteiger partial charge in [-0.2, -0.15) is 0 Å². The van der Waals surface area contributed by atoms with E-state index in [9.17, 15) is 9.59 Å². The lowest BCUT2D eigenvalue weighted by Crippen LogP contribution is -2.25. The molecule has 2 rings (SSSR count). The molecule has 0 radical (unpaired) electrons. The molecular weight excluding hydrogens is 312 g/mol. The molecule has 0 aliphatic heterocycles. The minimum Gasteiger partial charge on any atom is -0.460 e. The maximum atomic E-state index is 12.2. The summed E-state index contributed by atoms with van der Waals surface area (Å²) < 4.78 is 5.28. The monoisotopic (exact) mass is 330 g/mol. The van der Waals surface area contributed by atoms with E-state index in [0.717, 1.165) is 11.1 Å². The smallest absolute Gasteiger partial charge is 0.316 e. The molecule has 0 heterocycles. The molecule has 0 amide bonds. The van der Waals surface area contributed by atoms with Crippen molar-refractivity contribution < 1.29 is 14.3 Å². The maximum absolute atomic E-state index is 12.2. The van der Waals surface area contributed by atoms with Crippen molar-refractivity contribution in [3.8, 4) is 0 Å². The van der Waals surface area contributed by atoms with Crippen LogP contribution in [0.2, 0.25) is 5.02 Å². The van der Waals surface area contributed by atoms with Gasteiger partial charge in [0.05, 0.1) is 0 Å². The summed E-state index contributed by atoms with van der Waals surface area (Å²) in [7, 11) is 0. The number of benzene rings is 2. The highest BCUT2D eigenvalue weighted by atomic mass is 35.5. The Bertz CT molecular complexity index is 650. The van der Waals surface area contributed by atoms with Gasteiger partial charge in [0.15, 0.2) is 0 Å². The van der Waals surface area contributed by atoms with E-state index < -0.39 is 11.9 Å². The maximum Gasteiger partial charge on any atom is 0.316 e. The molecule has 3 nitrogen and oxygen atoms in total. The first-order valence-corrected chi connectivity index (χ1v) is 7.89. The van der Waals surface area contributed by atoms with Crippen LogP contribution in [0.15, 0.2) is 54.6 Å². The Balaban J connectivity index is 1.90. The number of aryl methyl sites for hydroxylation is 1. The lowest BCUT2D eigenvalue weighted by molar-refractivity contribution is -0.153. The van der Waals surface area contributed by atoms with Gasteiger partial charge in [0, 0.05) is 5.02 Å². The van der Waals surface area contributed by atoms with Crippen molar-refractivity contribution in [1.82, 2.24) is 0 Å². The van der Waals surface area contributed by atoms with Crippen LogP contribution in [0.25, 0.3) is 0 Å². The predicted molar refractivity (Wildman–Crippen MR) is 90.2 cm³/mol. The highest BCUT2D eigenvalue weighted by Gasteiger charge is 2.24. The molecule has 1 unspecified atom stereocenters. The van der Waals surface area contributed by atoms with Gasteiger partial charge in [-0.1, -0.05) is 54.1 Å². The Morgan fingerprint density at radius 1 is 1.00 bits per heavy atom. The number of esters is 1. The molecule has 120 valence electrons. The van der Waals surface area contributed by atoms with Gasteiger partial charge >= 0.3 is 5.97 Å². The molecule has 0 N–H and O–H groups in total. The summed E-state index contributed by atoms with van der Waals surface area (Å²) in [5.41, 5.74) is 1.94. The zero-order valence-corrected chi connectivity index (χ0v) is 13.8. The molecule has 2 aromatic rings. The summed E-state index contributed by atoms with van der Waals surface area (Å²) in [5, 5.41) is 0.666. The molecule has 0 fully saturated rings. The Morgan fingerprint density at radius 2 is 1.65 bits per heavy atom. The van der Waals surface area contributed by atoms with Gasteiger partial charge in [0.1, 0.15) is 18.3 Å². The summed E-state index contributed by atoms with van der Waals surface area (Å²) in [6.07, 6.45) is 1.06. The van der Waals surface area contributed by atoms with Crippen molar-refractivity contribution in [2.75, 3.05) is 0 Å². The Labute approximate surface area is 141 Å². The van der Waals surface area contributed by atoms with E-state index in [2.05, 4.69) is 0 Å². The number of hydrogen-bond donors (Lipinski definition) is 0. The van der Waals surface area contributed by atoms with Gasteiger partial charge in [0.25, 0.3) is 0 Å². The van der Waals surface area contributed by atoms with Gasteiger partial charge < -0.3 is 4.74 Å². The van der Waals surface area contributed by atoms with Crippen LogP contribution >= 0.6 is 11.6 Å². The Kier molecular flexibility index (Phi) is 6.36. The molecule has 0 saturated carbocycles. The highest BCUT2D eigenvalue weighted by Crippen LogP contribution is 2.16. The van der Waals surface area contributed by atoms with Crippen molar-refractivity contribution in [1.29, 1.82) is 0 Å². The number of halogens is 1. The molecule has 1 atom stereocenters. The van der Waals surface area contributed by atoms with Crippen LogP contribution in [0.3, 0.4) is 0 Å². The first kappa shape index (κ1) is 17.2. The molecule has 2 aromatic carbocycles. The largest absolute Gasteiger partial charge is 0.460 e.